The summed E-state index contributed by atoms with van der Waals surface area (Å²) in [5.41, 5.74) is 5.88. The summed E-state index contributed by atoms with van der Waals surface area (Å²) in [7, 11) is 1.61. The third-order valence-electron chi connectivity index (χ3n) is 3.66. The van der Waals surface area contributed by atoms with Crippen LogP contribution < -0.4 is 10.2 Å². The van der Waals surface area contributed by atoms with Gasteiger partial charge in [-0.25, -0.2) is 4.99 Å². The lowest BCUT2D eigenvalue weighted by Gasteiger charge is -2.15. The quantitative estimate of drug-likeness (QED) is 0.667. The summed E-state index contributed by atoms with van der Waals surface area (Å²) < 4.78 is 5.18. The first kappa shape index (κ1) is 17.0. The van der Waals surface area contributed by atoms with Crippen molar-refractivity contribution in [2.24, 2.45) is 10.1 Å². The number of nitro benzene ring substituents is 1. The molecule has 0 aliphatic carbocycles. The van der Waals surface area contributed by atoms with Gasteiger partial charge in [-0.3, -0.25) is 15.5 Å². The Hall–Kier alpha value is -2.87. The molecule has 1 aliphatic rings. The lowest BCUT2D eigenvalue weighted by Crippen LogP contribution is -2.25. The van der Waals surface area contributed by atoms with Crippen molar-refractivity contribution >= 4 is 34.0 Å². The molecule has 0 spiro atoms. The molecule has 0 saturated carbocycles. The molecular weight excluding hydrogens is 340 g/mol. The predicted molar refractivity (Wildman–Crippen MR) is 100 cm³/mol. The average Bonchev–Trinajstić information content (AvgIpc) is 2.63. The van der Waals surface area contributed by atoms with Gasteiger partial charge in [0, 0.05) is 29.0 Å². The van der Waals surface area contributed by atoms with Gasteiger partial charge in [-0.15, -0.1) is 0 Å². The molecule has 7 nitrogen and oxygen atoms in total. The molecule has 0 saturated heterocycles. The second-order valence-corrected chi connectivity index (χ2v) is 6.30. The van der Waals surface area contributed by atoms with Gasteiger partial charge in [0.1, 0.15) is 5.75 Å². The zero-order chi connectivity index (χ0) is 17.8. The number of rotatable bonds is 4. The van der Waals surface area contributed by atoms with E-state index in [0.29, 0.717) is 16.5 Å². The van der Waals surface area contributed by atoms with E-state index in [4.69, 9.17) is 4.74 Å². The van der Waals surface area contributed by atoms with Gasteiger partial charge in [0.25, 0.3) is 5.69 Å². The van der Waals surface area contributed by atoms with E-state index in [1.54, 1.807) is 26.2 Å². The number of amidine groups is 1. The zero-order valence-corrected chi connectivity index (χ0v) is 14.5. The first-order valence-electron chi connectivity index (χ1n) is 7.50. The van der Waals surface area contributed by atoms with Crippen LogP contribution in [0.15, 0.2) is 52.6 Å². The Bertz CT molecular complexity index is 880. The molecule has 1 N–H and O–H groups in total. The summed E-state index contributed by atoms with van der Waals surface area (Å²) in [5.74, 6) is 1.31. The fourth-order valence-electron chi connectivity index (χ4n) is 2.30. The minimum Gasteiger partial charge on any atom is -0.497 e. The van der Waals surface area contributed by atoms with Crippen LogP contribution in [0, 0.1) is 17.0 Å². The van der Waals surface area contributed by atoms with Crippen LogP contribution in [-0.2, 0) is 0 Å². The van der Waals surface area contributed by atoms with E-state index in [1.165, 1.54) is 11.8 Å². The summed E-state index contributed by atoms with van der Waals surface area (Å²) >= 11 is 1.49. The van der Waals surface area contributed by atoms with Crippen molar-refractivity contribution in [1.29, 1.82) is 0 Å². The largest absolute Gasteiger partial charge is 0.497 e. The molecule has 2 aromatic rings. The van der Waals surface area contributed by atoms with Gasteiger partial charge in [-0.2, -0.15) is 5.10 Å². The number of benzene rings is 2. The lowest BCUT2D eigenvalue weighted by molar-refractivity contribution is -0.385. The van der Waals surface area contributed by atoms with E-state index in [-0.39, 0.29) is 10.6 Å². The molecule has 1 heterocycles. The van der Waals surface area contributed by atoms with Gasteiger partial charge >= 0.3 is 0 Å². The van der Waals surface area contributed by atoms with Crippen molar-refractivity contribution in [2.75, 3.05) is 12.9 Å². The fourth-order valence-corrected chi connectivity index (χ4v) is 3.09. The number of nitro groups is 1. The van der Waals surface area contributed by atoms with E-state index in [0.717, 1.165) is 22.7 Å². The third kappa shape index (κ3) is 3.97. The highest BCUT2D eigenvalue weighted by Crippen LogP contribution is 2.24. The zero-order valence-electron chi connectivity index (χ0n) is 13.7. The van der Waals surface area contributed by atoms with Crippen LogP contribution in [-0.4, -0.2) is 28.7 Å². The van der Waals surface area contributed by atoms with E-state index in [1.807, 2.05) is 30.3 Å². The maximum absolute atomic E-state index is 11.1. The number of nitrogens with one attached hydrogen (secondary N) is 1. The van der Waals surface area contributed by atoms with Crippen molar-refractivity contribution in [1.82, 2.24) is 5.43 Å². The third-order valence-corrected chi connectivity index (χ3v) is 4.53. The van der Waals surface area contributed by atoms with Crippen LogP contribution in [0.2, 0.25) is 0 Å². The summed E-state index contributed by atoms with van der Waals surface area (Å²) in [5, 5.41) is 16.1. The molecular formula is C17H16N4O3S. The van der Waals surface area contributed by atoms with Crippen molar-refractivity contribution < 1.29 is 9.66 Å². The van der Waals surface area contributed by atoms with Crippen LogP contribution in [0.1, 0.15) is 11.1 Å². The Balaban J connectivity index is 1.79. The molecule has 128 valence electrons. The second-order valence-electron chi connectivity index (χ2n) is 5.34. The average molecular weight is 356 g/mol. The predicted octanol–water partition coefficient (Wildman–Crippen LogP) is 3.64. The van der Waals surface area contributed by atoms with E-state index < -0.39 is 0 Å². The van der Waals surface area contributed by atoms with Crippen LogP contribution in [0.25, 0.3) is 0 Å². The van der Waals surface area contributed by atoms with Crippen molar-refractivity contribution in [3.63, 3.8) is 0 Å². The number of thioether (sulfide) groups is 1. The normalized spacial score (nSPS) is 15.4. The molecule has 1 aliphatic heterocycles. The first-order chi connectivity index (χ1) is 12.1. The van der Waals surface area contributed by atoms with E-state index >= 15 is 0 Å². The van der Waals surface area contributed by atoms with Crippen LogP contribution in [0.4, 0.5) is 11.4 Å². The highest BCUT2D eigenvalue weighted by molar-refractivity contribution is 8.14. The van der Waals surface area contributed by atoms with Gasteiger partial charge < -0.3 is 4.74 Å². The lowest BCUT2D eigenvalue weighted by atomic mass is 10.1. The summed E-state index contributed by atoms with van der Waals surface area (Å²) in [6.45, 7) is 1.72. The van der Waals surface area contributed by atoms with Gasteiger partial charge in [0.2, 0.25) is 0 Å². The Morgan fingerprint density at radius 1 is 1.32 bits per heavy atom. The molecule has 3 rings (SSSR count). The van der Waals surface area contributed by atoms with Crippen molar-refractivity contribution in [3.05, 3.63) is 63.7 Å². The molecule has 0 fully saturated rings. The topological polar surface area (TPSA) is 89.1 Å². The maximum atomic E-state index is 11.1. The minimum absolute atomic E-state index is 0.0982. The molecule has 2 aromatic carbocycles. The number of nitrogens with zero attached hydrogens (tertiary/aromatic N) is 3. The highest BCUT2D eigenvalue weighted by Gasteiger charge is 2.17. The molecule has 0 unspecified atom stereocenters. The second kappa shape index (κ2) is 7.35. The van der Waals surface area contributed by atoms with E-state index in [9.17, 15) is 10.1 Å². The van der Waals surface area contributed by atoms with Crippen LogP contribution >= 0.6 is 11.8 Å². The molecule has 25 heavy (non-hydrogen) atoms. The standard InChI is InChI=1S/C17H16N4O3S/c1-11-6-7-12(8-16(11)21(22)23)15-10-25-17(20-19-15)18-13-4-3-5-14(9-13)24-2/h3-9H,10H2,1-2H3,(H,18,20). The van der Waals surface area contributed by atoms with Gasteiger partial charge in [0.05, 0.1) is 23.4 Å². The number of hydrazone groups is 1. The van der Waals surface area contributed by atoms with Crippen molar-refractivity contribution in [3.8, 4) is 5.75 Å². The Morgan fingerprint density at radius 2 is 2.16 bits per heavy atom. The maximum Gasteiger partial charge on any atom is 0.272 e. The number of aryl methyl sites for hydroxylation is 1. The summed E-state index contributed by atoms with van der Waals surface area (Å²) in [6, 6.07) is 12.6. The fraction of sp³-hybridized carbons (Fsp3) is 0.176. The van der Waals surface area contributed by atoms with Crippen molar-refractivity contribution in [2.45, 2.75) is 6.92 Å². The minimum atomic E-state index is -0.377. The first-order valence-corrected chi connectivity index (χ1v) is 8.49. The van der Waals surface area contributed by atoms with Gasteiger partial charge in [-0.1, -0.05) is 30.0 Å². The summed E-state index contributed by atoms with van der Waals surface area (Å²) in [4.78, 5) is 15.2. The number of hydrogen-bond acceptors (Lipinski definition) is 6. The number of hydrogen-bond donors (Lipinski definition) is 1. The molecule has 0 amide bonds. The molecule has 0 atom stereocenters. The molecule has 0 aromatic heterocycles. The number of ether oxygens (including phenoxy) is 1. The molecule has 0 bridgehead atoms. The van der Waals surface area contributed by atoms with Gasteiger partial charge in [-0.05, 0) is 19.1 Å². The summed E-state index contributed by atoms with van der Waals surface area (Å²) in [6.07, 6.45) is 0. The van der Waals surface area contributed by atoms with E-state index in [2.05, 4.69) is 15.5 Å². The van der Waals surface area contributed by atoms with Crippen LogP contribution in [0.5, 0.6) is 5.75 Å². The van der Waals surface area contributed by atoms with Crippen LogP contribution in [0.3, 0.4) is 0 Å². The SMILES string of the molecule is COc1cccc(N=C2NN=C(c3ccc(C)c([N+](=O)[O-])c3)CS2)c1. The van der Waals surface area contributed by atoms with Gasteiger partial charge in [0.15, 0.2) is 5.17 Å². The molecule has 8 heteroatoms. The molecule has 0 radical (unpaired) electrons. The Labute approximate surface area is 149 Å². The Morgan fingerprint density at radius 3 is 2.84 bits per heavy atom. The number of aliphatic imine (C=N–C) groups is 1. The smallest absolute Gasteiger partial charge is 0.272 e. The highest BCUT2D eigenvalue weighted by atomic mass is 32.2. The monoisotopic (exact) mass is 356 g/mol. The number of methoxy groups -OCH3 is 1. The Kier molecular flexibility index (Phi) is 4.99.